The lowest BCUT2D eigenvalue weighted by Gasteiger charge is -2.48. The van der Waals surface area contributed by atoms with E-state index < -0.39 is 49.8 Å². The summed E-state index contributed by atoms with van der Waals surface area (Å²) < 4.78 is 22.5. The third-order valence-electron chi connectivity index (χ3n) is 5.34. The molecule has 10 heteroatoms. The van der Waals surface area contributed by atoms with Crippen molar-refractivity contribution in [1.29, 1.82) is 0 Å². The number of hydrazine groups is 1. The van der Waals surface area contributed by atoms with E-state index in [0.29, 0.717) is 0 Å². The van der Waals surface area contributed by atoms with Gasteiger partial charge in [0.2, 0.25) is 0 Å². The van der Waals surface area contributed by atoms with Crippen LogP contribution in [0.25, 0.3) is 0 Å². The summed E-state index contributed by atoms with van der Waals surface area (Å²) in [5, 5.41) is 2.05. The van der Waals surface area contributed by atoms with Crippen molar-refractivity contribution in [2.45, 2.75) is 110 Å². The highest BCUT2D eigenvalue weighted by Crippen LogP contribution is 2.39. The lowest BCUT2D eigenvalue weighted by molar-refractivity contribution is -0.165. The number of rotatable bonds is 3. The molecule has 2 atom stereocenters. The molecule has 1 aliphatic rings. The fourth-order valence-electron chi connectivity index (χ4n) is 2.90. The molecule has 0 bridgehead atoms. The van der Waals surface area contributed by atoms with E-state index in [1.807, 2.05) is 0 Å². The molecular formula is C22H42N2O7Si. The first-order valence-corrected chi connectivity index (χ1v) is 13.9. The van der Waals surface area contributed by atoms with E-state index in [2.05, 4.69) is 33.9 Å². The van der Waals surface area contributed by atoms with E-state index in [-0.39, 0.29) is 18.0 Å². The third kappa shape index (κ3) is 7.65. The fraction of sp³-hybridized carbons (Fsp3) is 0.864. The largest absolute Gasteiger partial charge is 0.467 e. The maximum atomic E-state index is 13.1. The molecule has 1 aliphatic heterocycles. The van der Waals surface area contributed by atoms with E-state index in [9.17, 15) is 14.4 Å². The van der Waals surface area contributed by atoms with Crippen LogP contribution >= 0.6 is 0 Å². The molecule has 1 rings (SSSR count). The van der Waals surface area contributed by atoms with Crippen molar-refractivity contribution < 1.29 is 33.0 Å². The molecule has 32 heavy (non-hydrogen) atoms. The van der Waals surface area contributed by atoms with Gasteiger partial charge in [0.25, 0.3) is 0 Å². The van der Waals surface area contributed by atoms with E-state index in [1.165, 1.54) is 7.11 Å². The predicted molar refractivity (Wildman–Crippen MR) is 124 cm³/mol. The van der Waals surface area contributed by atoms with Crippen LogP contribution in [0, 0.1) is 0 Å². The summed E-state index contributed by atoms with van der Waals surface area (Å²) >= 11 is 0. The zero-order valence-corrected chi connectivity index (χ0v) is 22.8. The first-order valence-electron chi connectivity index (χ1n) is 11.0. The molecule has 1 heterocycles. The molecule has 9 nitrogen and oxygen atoms in total. The van der Waals surface area contributed by atoms with E-state index >= 15 is 0 Å². The molecule has 0 spiro atoms. The minimum Gasteiger partial charge on any atom is -0.467 e. The Morgan fingerprint density at radius 2 is 1.31 bits per heavy atom. The second-order valence-corrected chi connectivity index (χ2v) is 16.4. The van der Waals surface area contributed by atoms with E-state index in [1.54, 1.807) is 41.5 Å². The second-order valence-electron chi connectivity index (χ2n) is 11.7. The molecule has 1 saturated heterocycles. The van der Waals surface area contributed by atoms with Crippen LogP contribution in [0.5, 0.6) is 0 Å². The van der Waals surface area contributed by atoms with Crippen LogP contribution in [-0.2, 0) is 23.4 Å². The standard InChI is InChI=1S/C22H42N2O7Si/c1-20(2,3)29-18(26)23-14-15(31-32(11,12)22(7,8)9)13-16(17(25)28-10)24(23)19(27)30-21(4,5)6/h15-16H,13-14H2,1-12H3/t15-,16-/m1/s1. The van der Waals surface area contributed by atoms with Crippen molar-refractivity contribution in [3.05, 3.63) is 0 Å². The number of carbonyl (C=O) groups excluding carboxylic acids is 3. The fourth-order valence-corrected chi connectivity index (χ4v) is 4.25. The van der Waals surface area contributed by atoms with Crippen molar-refractivity contribution >= 4 is 26.5 Å². The van der Waals surface area contributed by atoms with Crippen molar-refractivity contribution in [3.8, 4) is 0 Å². The van der Waals surface area contributed by atoms with Gasteiger partial charge in [-0.25, -0.2) is 19.4 Å². The number of methoxy groups -OCH3 is 1. The Balaban J connectivity index is 3.42. The number of esters is 1. The number of ether oxygens (including phenoxy) is 3. The molecule has 0 radical (unpaired) electrons. The molecule has 0 aromatic carbocycles. The van der Waals surface area contributed by atoms with Crippen LogP contribution < -0.4 is 0 Å². The normalized spacial score (nSPS) is 20.6. The van der Waals surface area contributed by atoms with E-state index in [4.69, 9.17) is 18.6 Å². The Kier molecular flexibility index (Phi) is 8.45. The van der Waals surface area contributed by atoms with Crippen molar-refractivity contribution in [2.75, 3.05) is 13.7 Å². The molecule has 1 fully saturated rings. The van der Waals surface area contributed by atoms with Crippen molar-refractivity contribution in [3.63, 3.8) is 0 Å². The van der Waals surface area contributed by atoms with Gasteiger partial charge in [-0.05, 0) is 59.7 Å². The maximum Gasteiger partial charge on any atom is 0.430 e. The summed E-state index contributed by atoms with van der Waals surface area (Å²) in [6.45, 7) is 20.9. The van der Waals surface area contributed by atoms with Gasteiger partial charge >= 0.3 is 18.2 Å². The topological polar surface area (TPSA) is 94.6 Å². The van der Waals surface area contributed by atoms with Gasteiger partial charge in [0.1, 0.15) is 11.2 Å². The van der Waals surface area contributed by atoms with Gasteiger partial charge in [0.05, 0.1) is 19.8 Å². The van der Waals surface area contributed by atoms with Gasteiger partial charge < -0.3 is 18.6 Å². The Morgan fingerprint density at radius 3 is 1.72 bits per heavy atom. The van der Waals surface area contributed by atoms with Gasteiger partial charge in [0.15, 0.2) is 14.4 Å². The zero-order chi connectivity index (χ0) is 25.3. The second kappa shape index (κ2) is 9.58. The molecule has 0 aromatic heterocycles. The lowest BCUT2D eigenvalue weighted by atomic mass is 10.1. The minimum atomic E-state index is -2.23. The number of amides is 2. The summed E-state index contributed by atoms with van der Waals surface area (Å²) in [6.07, 6.45) is -1.89. The lowest BCUT2D eigenvalue weighted by Crippen LogP contribution is -2.66. The number of hydrogen-bond acceptors (Lipinski definition) is 7. The van der Waals surface area contributed by atoms with Crippen LogP contribution in [0.3, 0.4) is 0 Å². The monoisotopic (exact) mass is 474 g/mol. The van der Waals surface area contributed by atoms with Crippen molar-refractivity contribution in [1.82, 2.24) is 10.0 Å². The molecule has 0 saturated carbocycles. The minimum absolute atomic E-state index is 0.0498. The first kappa shape index (κ1) is 28.2. The smallest absolute Gasteiger partial charge is 0.430 e. The quantitative estimate of drug-likeness (QED) is 0.332. The molecule has 186 valence electrons. The summed E-state index contributed by atoms with van der Waals surface area (Å²) in [4.78, 5) is 38.9. The molecular weight excluding hydrogens is 432 g/mol. The summed E-state index contributed by atoms with van der Waals surface area (Å²) in [5.41, 5.74) is -1.63. The van der Waals surface area contributed by atoms with Gasteiger partial charge in [-0.2, -0.15) is 5.01 Å². The van der Waals surface area contributed by atoms with Crippen LogP contribution in [0.15, 0.2) is 0 Å². The molecule has 0 aromatic rings. The van der Waals surface area contributed by atoms with Crippen LogP contribution in [0.4, 0.5) is 9.59 Å². The zero-order valence-electron chi connectivity index (χ0n) is 21.8. The molecule has 0 N–H and O–H groups in total. The Labute approximate surface area is 193 Å². The molecule has 0 unspecified atom stereocenters. The van der Waals surface area contributed by atoms with Gasteiger partial charge in [-0.1, -0.05) is 20.8 Å². The number of carbonyl (C=O) groups is 3. The van der Waals surface area contributed by atoms with Crippen LogP contribution in [0.2, 0.25) is 18.1 Å². The van der Waals surface area contributed by atoms with Crippen molar-refractivity contribution in [2.24, 2.45) is 0 Å². The average molecular weight is 475 g/mol. The SMILES string of the molecule is COC(=O)[C@H]1C[C@@H](O[Si](C)(C)C(C)(C)C)CN(C(=O)OC(C)(C)C)N1C(=O)OC(C)(C)C. The van der Waals surface area contributed by atoms with Gasteiger partial charge in [0, 0.05) is 6.42 Å². The summed E-state index contributed by atoms with van der Waals surface area (Å²) in [6, 6.07) is -1.09. The van der Waals surface area contributed by atoms with Crippen LogP contribution in [-0.4, -0.2) is 73.5 Å². The highest BCUT2D eigenvalue weighted by atomic mass is 28.4. The predicted octanol–water partition coefficient (Wildman–Crippen LogP) is 4.71. The van der Waals surface area contributed by atoms with E-state index in [0.717, 1.165) is 10.0 Å². The highest BCUT2D eigenvalue weighted by Gasteiger charge is 2.49. The summed E-state index contributed by atoms with van der Waals surface area (Å²) in [7, 11) is -0.989. The molecule has 2 amide bonds. The Morgan fingerprint density at radius 1 is 0.844 bits per heavy atom. The first-order chi connectivity index (χ1) is 14.2. The Hall–Kier alpha value is -1.81. The van der Waals surface area contributed by atoms with Gasteiger partial charge in [-0.15, -0.1) is 0 Å². The number of nitrogens with zero attached hydrogens (tertiary/aromatic N) is 2. The third-order valence-corrected chi connectivity index (χ3v) is 9.88. The highest BCUT2D eigenvalue weighted by molar-refractivity contribution is 6.74. The maximum absolute atomic E-state index is 13.1. The van der Waals surface area contributed by atoms with Crippen LogP contribution in [0.1, 0.15) is 68.7 Å². The summed E-state index contributed by atoms with van der Waals surface area (Å²) in [5.74, 6) is -0.659. The van der Waals surface area contributed by atoms with Gasteiger partial charge in [-0.3, -0.25) is 0 Å². The number of hydrogen-bond donors (Lipinski definition) is 0. The average Bonchev–Trinajstić information content (AvgIpc) is 2.55. The Bertz CT molecular complexity index is 705. The molecule has 0 aliphatic carbocycles.